The molecule has 0 saturated carbocycles. The van der Waals surface area contributed by atoms with Crippen molar-refractivity contribution in [3.63, 3.8) is 0 Å². The summed E-state index contributed by atoms with van der Waals surface area (Å²) < 4.78 is 1.66. The smallest absolute Gasteiger partial charge is 0.261 e. The van der Waals surface area contributed by atoms with Crippen molar-refractivity contribution in [3.8, 4) is 0 Å². The van der Waals surface area contributed by atoms with E-state index in [0.717, 1.165) is 25.2 Å². The third kappa shape index (κ3) is 3.62. The summed E-state index contributed by atoms with van der Waals surface area (Å²) in [6.07, 6.45) is 1.62. The Morgan fingerprint density at radius 3 is 2.84 bits per heavy atom. The van der Waals surface area contributed by atoms with Crippen molar-refractivity contribution in [3.05, 3.63) is 40.9 Å². The van der Waals surface area contributed by atoms with Crippen LogP contribution < -0.4 is 10.9 Å². The van der Waals surface area contributed by atoms with Crippen LogP contribution in [0, 0.1) is 0 Å². The van der Waals surface area contributed by atoms with Crippen LogP contribution in [0.1, 0.15) is 0 Å². The lowest BCUT2D eigenvalue weighted by atomic mass is 10.2. The molecule has 1 aromatic heterocycles. The van der Waals surface area contributed by atoms with Gasteiger partial charge < -0.3 is 10.2 Å². The van der Waals surface area contributed by atoms with Gasteiger partial charge in [-0.1, -0.05) is 12.1 Å². The minimum atomic E-state index is 0.0278. The van der Waals surface area contributed by atoms with E-state index >= 15 is 0 Å². The SMILES string of the molecule is CN(C)CCNCCn1cnc2ccccc2c1=O. The Balaban J connectivity index is 1.98. The minimum Gasteiger partial charge on any atom is -0.314 e. The summed E-state index contributed by atoms with van der Waals surface area (Å²) in [5, 5.41) is 3.99. The topological polar surface area (TPSA) is 50.2 Å². The molecule has 1 N–H and O–H groups in total. The Hall–Kier alpha value is -1.72. The van der Waals surface area contributed by atoms with Crippen LogP contribution in [0.5, 0.6) is 0 Å². The summed E-state index contributed by atoms with van der Waals surface area (Å²) in [5.41, 5.74) is 0.782. The van der Waals surface area contributed by atoms with Crippen molar-refractivity contribution in [2.45, 2.75) is 6.54 Å². The molecule has 102 valence electrons. The van der Waals surface area contributed by atoms with E-state index in [1.807, 2.05) is 38.4 Å². The average Bonchev–Trinajstić information content (AvgIpc) is 2.41. The van der Waals surface area contributed by atoms with Crippen molar-refractivity contribution < 1.29 is 0 Å². The van der Waals surface area contributed by atoms with E-state index in [1.54, 1.807) is 10.9 Å². The van der Waals surface area contributed by atoms with Gasteiger partial charge in [-0.05, 0) is 26.2 Å². The van der Waals surface area contributed by atoms with Crippen LogP contribution >= 0.6 is 0 Å². The predicted octanol–water partition coefficient (Wildman–Crippen LogP) is 0.548. The first-order valence-corrected chi connectivity index (χ1v) is 6.48. The van der Waals surface area contributed by atoms with Crippen LogP contribution in [0.4, 0.5) is 0 Å². The first kappa shape index (κ1) is 13.7. The molecule has 0 fully saturated rings. The molecule has 19 heavy (non-hydrogen) atoms. The molecule has 0 aliphatic rings. The van der Waals surface area contributed by atoms with Crippen molar-refractivity contribution >= 4 is 10.9 Å². The van der Waals surface area contributed by atoms with Crippen LogP contribution in [-0.4, -0.2) is 48.2 Å². The van der Waals surface area contributed by atoms with Crippen molar-refractivity contribution in [1.82, 2.24) is 19.8 Å². The van der Waals surface area contributed by atoms with Crippen molar-refractivity contribution in [1.29, 1.82) is 0 Å². The highest BCUT2D eigenvalue weighted by atomic mass is 16.1. The van der Waals surface area contributed by atoms with Gasteiger partial charge in [-0.2, -0.15) is 0 Å². The summed E-state index contributed by atoms with van der Waals surface area (Å²) in [6.45, 7) is 3.32. The van der Waals surface area contributed by atoms with Gasteiger partial charge in [0.2, 0.25) is 0 Å². The fourth-order valence-electron chi connectivity index (χ4n) is 1.89. The monoisotopic (exact) mass is 260 g/mol. The Bertz CT molecular complexity index is 591. The number of benzene rings is 1. The molecule has 0 unspecified atom stereocenters. The van der Waals surface area contributed by atoms with Gasteiger partial charge in [-0.15, -0.1) is 0 Å². The Morgan fingerprint density at radius 1 is 1.26 bits per heavy atom. The number of rotatable bonds is 6. The highest BCUT2D eigenvalue weighted by molar-refractivity contribution is 5.76. The Morgan fingerprint density at radius 2 is 2.05 bits per heavy atom. The van der Waals surface area contributed by atoms with Crippen LogP contribution in [-0.2, 0) is 6.54 Å². The number of hydrogen-bond acceptors (Lipinski definition) is 4. The molecule has 2 aromatic rings. The van der Waals surface area contributed by atoms with E-state index in [2.05, 4.69) is 15.2 Å². The number of likely N-dealkylation sites (N-methyl/N-ethyl adjacent to an activating group) is 1. The maximum Gasteiger partial charge on any atom is 0.261 e. The number of aromatic nitrogens is 2. The van der Waals surface area contributed by atoms with Gasteiger partial charge in [0, 0.05) is 26.2 Å². The molecule has 0 radical (unpaired) electrons. The van der Waals surface area contributed by atoms with E-state index in [-0.39, 0.29) is 5.56 Å². The minimum absolute atomic E-state index is 0.0278. The fraction of sp³-hybridized carbons (Fsp3) is 0.429. The van der Waals surface area contributed by atoms with Gasteiger partial charge >= 0.3 is 0 Å². The van der Waals surface area contributed by atoms with Crippen LogP contribution in [0.2, 0.25) is 0 Å². The molecule has 1 aromatic carbocycles. The van der Waals surface area contributed by atoms with Gasteiger partial charge in [0.25, 0.3) is 5.56 Å². The molecule has 2 rings (SSSR count). The molecule has 0 bridgehead atoms. The molecule has 5 nitrogen and oxygen atoms in total. The second kappa shape index (κ2) is 6.45. The second-order valence-corrected chi connectivity index (χ2v) is 4.81. The van der Waals surface area contributed by atoms with E-state index in [4.69, 9.17) is 0 Å². The van der Waals surface area contributed by atoms with Gasteiger partial charge in [0.15, 0.2) is 0 Å². The lowest BCUT2D eigenvalue weighted by molar-refractivity contribution is 0.397. The van der Waals surface area contributed by atoms with Gasteiger partial charge in [0.1, 0.15) is 0 Å². The van der Waals surface area contributed by atoms with Gasteiger partial charge in [0.05, 0.1) is 17.2 Å². The van der Waals surface area contributed by atoms with Crippen LogP contribution in [0.25, 0.3) is 10.9 Å². The molecule has 5 heteroatoms. The predicted molar refractivity (Wildman–Crippen MR) is 77.4 cm³/mol. The van der Waals surface area contributed by atoms with Crippen LogP contribution in [0.15, 0.2) is 35.4 Å². The zero-order chi connectivity index (χ0) is 13.7. The molecule has 1 heterocycles. The van der Waals surface area contributed by atoms with Crippen molar-refractivity contribution in [2.75, 3.05) is 33.7 Å². The highest BCUT2D eigenvalue weighted by Gasteiger charge is 2.02. The summed E-state index contributed by atoms with van der Waals surface area (Å²) in [5.74, 6) is 0. The largest absolute Gasteiger partial charge is 0.314 e. The molecule has 0 spiro atoms. The van der Waals surface area contributed by atoms with Gasteiger partial charge in [-0.3, -0.25) is 9.36 Å². The number of nitrogens with one attached hydrogen (secondary N) is 1. The number of para-hydroxylation sites is 1. The fourth-order valence-corrected chi connectivity index (χ4v) is 1.89. The zero-order valence-electron chi connectivity index (χ0n) is 11.5. The number of nitrogens with zero attached hydrogens (tertiary/aromatic N) is 3. The highest BCUT2D eigenvalue weighted by Crippen LogP contribution is 2.04. The first-order chi connectivity index (χ1) is 9.18. The first-order valence-electron chi connectivity index (χ1n) is 6.48. The number of fused-ring (bicyclic) bond motifs is 1. The molecular weight excluding hydrogens is 240 g/mol. The average molecular weight is 260 g/mol. The zero-order valence-corrected chi connectivity index (χ0v) is 11.5. The number of hydrogen-bond donors (Lipinski definition) is 1. The third-order valence-electron chi connectivity index (χ3n) is 3.00. The summed E-state index contributed by atoms with van der Waals surface area (Å²) in [7, 11) is 4.08. The second-order valence-electron chi connectivity index (χ2n) is 4.81. The molecular formula is C14H20N4O. The molecule has 0 amide bonds. The molecule has 0 saturated heterocycles. The Labute approximate surface area is 112 Å². The lowest BCUT2D eigenvalue weighted by Crippen LogP contribution is -2.31. The molecule has 0 aliphatic carbocycles. The van der Waals surface area contributed by atoms with Crippen LogP contribution in [0.3, 0.4) is 0 Å². The summed E-state index contributed by atoms with van der Waals surface area (Å²) >= 11 is 0. The normalized spacial score (nSPS) is 11.3. The maximum absolute atomic E-state index is 12.2. The molecule has 0 atom stereocenters. The van der Waals surface area contributed by atoms with Gasteiger partial charge in [-0.25, -0.2) is 4.98 Å². The van der Waals surface area contributed by atoms with E-state index in [0.29, 0.717) is 11.9 Å². The lowest BCUT2D eigenvalue weighted by Gasteiger charge is -2.11. The Kier molecular flexibility index (Phi) is 4.65. The van der Waals surface area contributed by atoms with E-state index < -0.39 is 0 Å². The van der Waals surface area contributed by atoms with Crippen molar-refractivity contribution in [2.24, 2.45) is 0 Å². The van der Waals surface area contributed by atoms with E-state index in [1.165, 1.54) is 0 Å². The molecule has 0 aliphatic heterocycles. The third-order valence-corrected chi connectivity index (χ3v) is 3.00. The standard InChI is InChI=1S/C14H20N4O/c1-17(2)9-7-15-8-10-18-11-16-13-6-4-3-5-12(13)14(18)19/h3-6,11,15H,7-10H2,1-2H3. The maximum atomic E-state index is 12.2. The van der Waals surface area contributed by atoms with E-state index in [9.17, 15) is 4.79 Å². The summed E-state index contributed by atoms with van der Waals surface area (Å²) in [4.78, 5) is 18.6. The quantitative estimate of drug-likeness (QED) is 0.771. The summed E-state index contributed by atoms with van der Waals surface area (Å²) in [6, 6.07) is 7.43.